The van der Waals surface area contributed by atoms with Crippen molar-refractivity contribution in [3.63, 3.8) is 0 Å². The molecule has 0 aliphatic carbocycles. The number of hydrogen-bond acceptors (Lipinski definition) is 3. The molecule has 2 N–H and O–H groups in total. The molecule has 1 fully saturated rings. The molecule has 136 valence electrons. The number of carbonyl (C=O) groups excluding carboxylic acids is 1. The van der Waals surface area contributed by atoms with Crippen LogP contribution in [0.4, 0.5) is 18.9 Å². The summed E-state index contributed by atoms with van der Waals surface area (Å²) in [5, 5.41) is 5.77. The summed E-state index contributed by atoms with van der Waals surface area (Å²) in [6.07, 6.45) is -1.92. The Bertz CT molecular complexity index is 540. The molecule has 1 heterocycles. The van der Waals surface area contributed by atoms with Crippen LogP contribution in [0.15, 0.2) is 24.3 Å². The van der Waals surface area contributed by atoms with Crippen molar-refractivity contribution >= 4 is 24.0 Å². The predicted octanol–water partition coefficient (Wildman–Crippen LogP) is 3.14. The van der Waals surface area contributed by atoms with E-state index in [1.54, 1.807) is 0 Å². The highest BCUT2D eigenvalue weighted by atomic mass is 35.5. The molecule has 0 radical (unpaired) electrons. The van der Waals surface area contributed by atoms with Crippen molar-refractivity contribution in [1.29, 1.82) is 0 Å². The number of benzene rings is 1. The molecule has 24 heavy (non-hydrogen) atoms. The first-order chi connectivity index (χ1) is 10.9. The molecule has 1 aliphatic heterocycles. The molecular weight excluding hydrogens is 343 g/mol. The van der Waals surface area contributed by atoms with Gasteiger partial charge >= 0.3 is 6.18 Å². The fourth-order valence-electron chi connectivity index (χ4n) is 2.75. The van der Waals surface area contributed by atoms with Crippen molar-refractivity contribution < 1.29 is 18.0 Å². The summed E-state index contributed by atoms with van der Waals surface area (Å²) in [5.41, 5.74) is -0.584. The number of anilines is 1. The number of likely N-dealkylation sites (N-methyl/N-ethyl adjacent to an activating group) is 1. The smallest absolute Gasteiger partial charge is 0.326 e. The summed E-state index contributed by atoms with van der Waals surface area (Å²) in [7, 11) is 1.93. The van der Waals surface area contributed by atoms with Crippen molar-refractivity contribution in [2.45, 2.75) is 31.5 Å². The second-order valence-corrected chi connectivity index (χ2v) is 5.81. The topological polar surface area (TPSA) is 44.4 Å². The van der Waals surface area contributed by atoms with Crippen LogP contribution in [0, 0.1) is 0 Å². The zero-order chi connectivity index (χ0) is 16.9. The molecule has 1 unspecified atom stereocenters. The Labute approximate surface area is 146 Å². The molecule has 4 nitrogen and oxygen atoms in total. The van der Waals surface area contributed by atoms with E-state index in [0.29, 0.717) is 12.6 Å². The van der Waals surface area contributed by atoms with E-state index >= 15 is 0 Å². The Balaban J connectivity index is 0.00000288. The maximum atomic E-state index is 12.6. The van der Waals surface area contributed by atoms with Gasteiger partial charge in [-0.15, -0.1) is 12.4 Å². The molecule has 0 saturated carbocycles. The third kappa shape index (κ3) is 6.30. The number of rotatable bonds is 5. The minimum Gasteiger partial charge on any atom is -0.326 e. The quantitative estimate of drug-likeness (QED) is 0.842. The normalized spacial score (nSPS) is 18.8. The zero-order valence-corrected chi connectivity index (χ0v) is 14.3. The number of carbonyl (C=O) groups is 1. The van der Waals surface area contributed by atoms with E-state index < -0.39 is 11.7 Å². The first kappa shape index (κ1) is 20.7. The Morgan fingerprint density at radius 3 is 2.79 bits per heavy atom. The standard InChI is InChI=1S/C16H22F3N3O.ClH/c1-20-14-6-3-8-22(11-14)9-7-15(23)21-13-5-2-4-12(10-13)16(17,18)19;/h2,4-5,10,14,20H,3,6-9,11H2,1H3,(H,21,23);1H. The van der Waals surface area contributed by atoms with Crippen LogP contribution in [-0.2, 0) is 11.0 Å². The second-order valence-electron chi connectivity index (χ2n) is 5.81. The van der Waals surface area contributed by atoms with Gasteiger partial charge in [-0.3, -0.25) is 4.79 Å². The van der Waals surface area contributed by atoms with Crippen molar-refractivity contribution in [3.8, 4) is 0 Å². The molecule has 1 saturated heterocycles. The lowest BCUT2D eigenvalue weighted by atomic mass is 10.1. The summed E-state index contributed by atoms with van der Waals surface area (Å²) in [6.45, 7) is 2.46. The van der Waals surface area contributed by atoms with Gasteiger partial charge in [0.05, 0.1) is 5.56 Å². The van der Waals surface area contributed by atoms with Gasteiger partial charge in [0.1, 0.15) is 0 Å². The third-order valence-electron chi connectivity index (χ3n) is 4.04. The van der Waals surface area contributed by atoms with Crippen molar-refractivity contribution in [2.24, 2.45) is 0 Å². The van der Waals surface area contributed by atoms with Crippen LogP contribution >= 0.6 is 12.4 Å². The van der Waals surface area contributed by atoms with E-state index in [0.717, 1.165) is 38.1 Å². The van der Waals surface area contributed by atoms with E-state index in [4.69, 9.17) is 0 Å². The molecular formula is C16H23ClF3N3O. The van der Waals surface area contributed by atoms with Crippen LogP contribution in [-0.4, -0.2) is 43.5 Å². The Hall–Kier alpha value is -1.31. The lowest BCUT2D eigenvalue weighted by Gasteiger charge is -2.32. The molecule has 1 amide bonds. The van der Waals surface area contributed by atoms with Gasteiger partial charge in [-0.25, -0.2) is 0 Å². The van der Waals surface area contributed by atoms with Gasteiger partial charge in [0.15, 0.2) is 0 Å². The lowest BCUT2D eigenvalue weighted by molar-refractivity contribution is -0.137. The summed E-state index contributed by atoms with van der Waals surface area (Å²) in [4.78, 5) is 14.1. The van der Waals surface area contributed by atoms with Gasteiger partial charge in [0.25, 0.3) is 0 Å². The molecule has 0 aromatic heterocycles. The Morgan fingerprint density at radius 2 is 2.12 bits per heavy atom. The summed E-state index contributed by atoms with van der Waals surface area (Å²) in [6, 6.07) is 5.14. The minimum atomic E-state index is -4.41. The first-order valence-corrected chi connectivity index (χ1v) is 7.75. The largest absolute Gasteiger partial charge is 0.416 e. The van der Waals surface area contributed by atoms with Crippen molar-refractivity contribution in [2.75, 3.05) is 32.0 Å². The molecule has 1 atom stereocenters. The predicted molar refractivity (Wildman–Crippen MR) is 90.5 cm³/mol. The van der Waals surface area contributed by atoms with Crippen LogP contribution in [0.2, 0.25) is 0 Å². The SMILES string of the molecule is CNC1CCCN(CCC(=O)Nc2cccc(C(F)(F)F)c2)C1.Cl. The molecule has 0 bridgehead atoms. The molecule has 1 aromatic rings. The molecule has 1 aliphatic rings. The highest BCUT2D eigenvalue weighted by Crippen LogP contribution is 2.30. The number of likely N-dealkylation sites (tertiary alicyclic amines) is 1. The molecule has 1 aromatic carbocycles. The minimum absolute atomic E-state index is 0. The number of hydrogen-bond donors (Lipinski definition) is 2. The van der Waals surface area contributed by atoms with Crippen LogP contribution in [0.5, 0.6) is 0 Å². The average molecular weight is 366 g/mol. The molecule has 0 spiro atoms. The van der Waals surface area contributed by atoms with Gasteiger partial charge < -0.3 is 15.5 Å². The van der Waals surface area contributed by atoms with Gasteiger partial charge in [0.2, 0.25) is 5.91 Å². The molecule has 2 rings (SSSR count). The number of piperidine rings is 1. The van der Waals surface area contributed by atoms with Crippen LogP contribution in [0.25, 0.3) is 0 Å². The van der Waals surface area contributed by atoms with Crippen LogP contribution in [0.3, 0.4) is 0 Å². The van der Waals surface area contributed by atoms with E-state index in [1.165, 1.54) is 12.1 Å². The van der Waals surface area contributed by atoms with Gasteiger partial charge in [-0.05, 0) is 44.6 Å². The highest BCUT2D eigenvalue weighted by molar-refractivity contribution is 5.90. The van der Waals surface area contributed by atoms with Gasteiger partial charge in [-0.1, -0.05) is 6.07 Å². The van der Waals surface area contributed by atoms with Crippen LogP contribution < -0.4 is 10.6 Å². The fourth-order valence-corrected chi connectivity index (χ4v) is 2.75. The average Bonchev–Trinajstić information content (AvgIpc) is 2.52. The maximum absolute atomic E-state index is 12.6. The van der Waals surface area contributed by atoms with Crippen LogP contribution in [0.1, 0.15) is 24.8 Å². The monoisotopic (exact) mass is 365 g/mol. The van der Waals surface area contributed by atoms with Crippen molar-refractivity contribution in [3.05, 3.63) is 29.8 Å². The highest BCUT2D eigenvalue weighted by Gasteiger charge is 2.30. The second kappa shape index (κ2) is 9.25. The summed E-state index contributed by atoms with van der Waals surface area (Å²) in [5.74, 6) is -0.268. The van der Waals surface area contributed by atoms with Gasteiger partial charge in [-0.2, -0.15) is 13.2 Å². The van der Waals surface area contributed by atoms with E-state index in [1.807, 2.05) is 7.05 Å². The summed E-state index contributed by atoms with van der Waals surface area (Å²) >= 11 is 0. The zero-order valence-electron chi connectivity index (χ0n) is 13.5. The Kier molecular flexibility index (Phi) is 7.99. The van der Waals surface area contributed by atoms with E-state index in [2.05, 4.69) is 15.5 Å². The first-order valence-electron chi connectivity index (χ1n) is 7.75. The maximum Gasteiger partial charge on any atom is 0.416 e. The number of nitrogens with one attached hydrogen (secondary N) is 2. The summed E-state index contributed by atoms with van der Waals surface area (Å²) < 4.78 is 37.9. The molecule has 8 heteroatoms. The number of halogens is 4. The van der Waals surface area contributed by atoms with E-state index in [9.17, 15) is 18.0 Å². The fraction of sp³-hybridized carbons (Fsp3) is 0.562. The number of alkyl halides is 3. The number of amides is 1. The van der Waals surface area contributed by atoms with Gasteiger partial charge in [0, 0.05) is 31.2 Å². The third-order valence-corrected chi connectivity index (χ3v) is 4.04. The van der Waals surface area contributed by atoms with Crippen molar-refractivity contribution in [1.82, 2.24) is 10.2 Å². The van der Waals surface area contributed by atoms with E-state index in [-0.39, 0.29) is 30.4 Å². The Morgan fingerprint density at radius 1 is 1.38 bits per heavy atom. The lowest BCUT2D eigenvalue weighted by Crippen LogP contribution is -2.45. The number of nitrogens with zero attached hydrogens (tertiary/aromatic N) is 1.